The third-order valence-electron chi connectivity index (χ3n) is 1.85. The van der Waals surface area contributed by atoms with Crippen LogP contribution < -0.4 is 5.73 Å². The molecule has 0 bridgehead atoms. The monoisotopic (exact) mass is 184 g/mol. The van der Waals surface area contributed by atoms with Gasteiger partial charge in [-0.15, -0.1) is 0 Å². The van der Waals surface area contributed by atoms with E-state index in [0.29, 0.717) is 5.57 Å². The highest BCUT2D eigenvalue weighted by Crippen LogP contribution is 2.11. The molecule has 1 rings (SSSR count). The number of imide groups is 1. The van der Waals surface area contributed by atoms with Crippen molar-refractivity contribution in [1.82, 2.24) is 4.90 Å². The summed E-state index contributed by atoms with van der Waals surface area (Å²) in [6.45, 7) is 1.58. The molecular formula is C8H12N2O3. The largest absolute Gasteiger partial charge is 0.390 e. The summed E-state index contributed by atoms with van der Waals surface area (Å²) >= 11 is 0. The van der Waals surface area contributed by atoms with Gasteiger partial charge >= 0.3 is 0 Å². The molecular weight excluding hydrogens is 172 g/mol. The molecule has 13 heavy (non-hydrogen) atoms. The molecule has 1 aliphatic rings. The lowest BCUT2D eigenvalue weighted by Crippen LogP contribution is -2.40. The van der Waals surface area contributed by atoms with Crippen molar-refractivity contribution in [2.45, 2.75) is 13.0 Å². The second kappa shape index (κ2) is 3.68. The second-order valence-electron chi connectivity index (χ2n) is 2.97. The van der Waals surface area contributed by atoms with Gasteiger partial charge < -0.3 is 10.8 Å². The normalized spacial score (nSPS) is 19.3. The van der Waals surface area contributed by atoms with Crippen LogP contribution in [0.5, 0.6) is 0 Å². The van der Waals surface area contributed by atoms with E-state index in [9.17, 15) is 9.59 Å². The van der Waals surface area contributed by atoms with Gasteiger partial charge in [0.05, 0.1) is 12.6 Å². The molecule has 0 aromatic rings. The summed E-state index contributed by atoms with van der Waals surface area (Å²) in [5, 5.41) is 9.15. The Hall–Kier alpha value is -1.20. The van der Waals surface area contributed by atoms with Crippen LogP contribution in [0.2, 0.25) is 0 Å². The number of amides is 2. The maximum Gasteiger partial charge on any atom is 0.256 e. The topological polar surface area (TPSA) is 83.6 Å². The summed E-state index contributed by atoms with van der Waals surface area (Å²) in [7, 11) is 0. The van der Waals surface area contributed by atoms with Crippen molar-refractivity contribution < 1.29 is 14.7 Å². The third kappa shape index (κ3) is 1.93. The molecule has 0 aromatic carbocycles. The molecule has 1 atom stereocenters. The summed E-state index contributed by atoms with van der Waals surface area (Å²) in [4.78, 5) is 23.4. The lowest BCUT2D eigenvalue weighted by Gasteiger charge is -2.17. The van der Waals surface area contributed by atoms with E-state index in [-0.39, 0.29) is 24.9 Å². The number of carbonyl (C=O) groups excluding carboxylic acids is 2. The second-order valence-corrected chi connectivity index (χ2v) is 2.97. The Balaban J connectivity index is 2.64. The predicted octanol–water partition coefficient (Wildman–Crippen LogP) is -1.38. The van der Waals surface area contributed by atoms with Crippen molar-refractivity contribution in [3.8, 4) is 0 Å². The number of nitrogens with two attached hydrogens (primary N) is 1. The number of carbonyl (C=O) groups is 2. The summed E-state index contributed by atoms with van der Waals surface area (Å²) in [6, 6.07) is 0. The quantitative estimate of drug-likeness (QED) is 0.529. The number of hydrogen-bond donors (Lipinski definition) is 2. The van der Waals surface area contributed by atoms with Crippen molar-refractivity contribution in [3.63, 3.8) is 0 Å². The van der Waals surface area contributed by atoms with E-state index in [1.54, 1.807) is 6.92 Å². The minimum atomic E-state index is -0.841. The van der Waals surface area contributed by atoms with Crippen LogP contribution in [0.1, 0.15) is 6.92 Å². The molecule has 1 aliphatic heterocycles. The molecule has 0 saturated heterocycles. The summed E-state index contributed by atoms with van der Waals surface area (Å²) in [5.74, 6) is -0.729. The molecule has 2 amide bonds. The van der Waals surface area contributed by atoms with E-state index in [0.717, 1.165) is 4.90 Å². The van der Waals surface area contributed by atoms with Crippen LogP contribution >= 0.6 is 0 Å². The van der Waals surface area contributed by atoms with E-state index in [4.69, 9.17) is 10.8 Å². The van der Waals surface area contributed by atoms with Gasteiger partial charge in [0.15, 0.2) is 0 Å². The van der Waals surface area contributed by atoms with Gasteiger partial charge in [0.1, 0.15) is 0 Å². The highest BCUT2D eigenvalue weighted by Gasteiger charge is 2.29. The van der Waals surface area contributed by atoms with E-state index >= 15 is 0 Å². The van der Waals surface area contributed by atoms with Crippen LogP contribution in [-0.4, -0.2) is 41.0 Å². The fourth-order valence-corrected chi connectivity index (χ4v) is 1.10. The maximum absolute atomic E-state index is 11.3. The molecule has 5 nitrogen and oxygen atoms in total. The number of nitrogens with zero attached hydrogens (tertiary/aromatic N) is 1. The van der Waals surface area contributed by atoms with Crippen molar-refractivity contribution >= 4 is 11.8 Å². The Bertz CT molecular complexity index is 273. The molecule has 0 saturated carbocycles. The minimum Gasteiger partial charge on any atom is -0.390 e. The molecule has 0 fully saturated rings. The zero-order valence-electron chi connectivity index (χ0n) is 7.36. The number of β-amino-alcohol motifs (C(OH)–C–C–N with tert-alkyl or cyclic N) is 1. The standard InChI is InChI=1S/C8H12N2O3/c1-5-2-7(12)10(8(5)13)4-6(11)3-9/h2,6,11H,3-4,9H2,1H3. The molecule has 1 unspecified atom stereocenters. The average Bonchev–Trinajstić information content (AvgIpc) is 2.32. The lowest BCUT2D eigenvalue weighted by atomic mass is 10.3. The van der Waals surface area contributed by atoms with Gasteiger partial charge in [-0.1, -0.05) is 0 Å². The Kier molecular flexibility index (Phi) is 2.79. The Morgan fingerprint density at radius 3 is 2.62 bits per heavy atom. The van der Waals surface area contributed by atoms with Gasteiger partial charge in [-0.25, -0.2) is 0 Å². The predicted molar refractivity (Wildman–Crippen MR) is 45.5 cm³/mol. The van der Waals surface area contributed by atoms with E-state index in [1.807, 2.05) is 0 Å². The van der Waals surface area contributed by atoms with E-state index < -0.39 is 6.10 Å². The van der Waals surface area contributed by atoms with Gasteiger partial charge in [0.25, 0.3) is 11.8 Å². The van der Waals surface area contributed by atoms with Crippen LogP contribution in [0.4, 0.5) is 0 Å². The Morgan fingerprint density at radius 1 is 1.62 bits per heavy atom. The molecule has 0 radical (unpaired) electrons. The first-order valence-corrected chi connectivity index (χ1v) is 3.98. The lowest BCUT2D eigenvalue weighted by molar-refractivity contribution is -0.138. The summed E-state index contributed by atoms with van der Waals surface area (Å²) in [5.41, 5.74) is 5.56. The minimum absolute atomic E-state index is 0.0258. The van der Waals surface area contributed by atoms with E-state index in [1.165, 1.54) is 6.08 Å². The highest BCUT2D eigenvalue weighted by atomic mass is 16.3. The van der Waals surface area contributed by atoms with Gasteiger partial charge in [-0.3, -0.25) is 14.5 Å². The van der Waals surface area contributed by atoms with Crippen molar-refractivity contribution in [2.75, 3.05) is 13.1 Å². The molecule has 0 aliphatic carbocycles. The molecule has 0 aromatic heterocycles. The van der Waals surface area contributed by atoms with Gasteiger partial charge in [-0.05, 0) is 6.92 Å². The number of hydrogen-bond acceptors (Lipinski definition) is 4. The number of aliphatic hydroxyl groups is 1. The van der Waals surface area contributed by atoms with Crippen molar-refractivity contribution in [1.29, 1.82) is 0 Å². The zero-order chi connectivity index (χ0) is 10.0. The first-order chi connectivity index (χ1) is 6.06. The van der Waals surface area contributed by atoms with Gasteiger partial charge in [0.2, 0.25) is 0 Å². The Morgan fingerprint density at radius 2 is 2.23 bits per heavy atom. The summed E-state index contributed by atoms with van der Waals surface area (Å²) < 4.78 is 0. The van der Waals surface area contributed by atoms with Gasteiger partial charge in [-0.2, -0.15) is 0 Å². The first-order valence-electron chi connectivity index (χ1n) is 3.98. The fraction of sp³-hybridized carbons (Fsp3) is 0.500. The molecule has 3 N–H and O–H groups in total. The van der Waals surface area contributed by atoms with Crippen LogP contribution in [0, 0.1) is 0 Å². The zero-order valence-corrected chi connectivity index (χ0v) is 7.36. The van der Waals surface area contributed by atoms with Crippen LogP contribution in [-0.2, 0) is 9.59 Å². The highest BCUT2D eigenvalue weighted by molar-refractivity contribution is 6.15. The van der Waals surface area contributed by atoms with Crippen LogP contribution in [0.3, 0.4) is 0 Å². The fourth-order valence-electron chi connectivity index (χ4n) is 1.10. The molecule has 5 heteroatoms. The third-order valence-corrected chi connectivity index (χ3v) is 1.85. The number of aliphatic hydroxyl groups excluding tert-OH is 1. The van der Waals surface area contributed by atoms with Crippen LogP contribution in [0.15, 0.2) is 11.6 Å². The van der Waals surface area contributed by atoms with Crippen molar-refractivity contribution in [3.05, 3.63) is 11.6 Å². The number of rotatable bonds is 3. The maximum atomic E-state index is 11.3. The molecule has 1 heterocycles. The van der Waals surface area contributed by atoms with Crippen LogP contribution in [0.25, 0.3) is 0 Å². The first kappa shape index (κ1) is 9.88. The summed E-state index contributed by atoms with van der Waals surface area (Å²) in [6.07, 6.45) is 0.415. The average molecular weight is 184 g/mol. The molecule has 72 valence electrons. The van der Waals surface area contributed by atoms with Gasteiger partial charge in [0, 0.05) is 18.2 Å². The Labute approximate surface area is 75.8 Å². The smallest absolute Gasteiger partial charge is 0.256 e. The SMILES string of the molecule is CC1=CC(=O)N(CC(O)CN)C1=O. The van der Waals surface area contributed by atoms with Crippen molar-refractivity contribution in [2.24, 2.45) is 5.73 Å². The molecule has 0 spiro atoms. The van der Waals surface area contributed by atoms with E-state index in [2.05, 4.69) is 0 Å².